The molecular formula is C18H19BrN2O. The van der Waals surface area contributed by atoms with Crippen LogP contribution < -0.4 is 10.1 Å². The second kappa shape index (κ2) is 6.99. The van der Waals surface area contributed by atoms with Crippen molar-refractivity contribution in [3.05, 3.63) is 64.3 Å². The molecule has 0 radical (unpaired) electrons. The lowest BCUT2D eigenvalue weighted by Crippen LogP contribution is -2.17. The van der Waals surface area contributed by atoms with Crippen LogP contribution in [0.3, 0.4) is 0 Å². The van der Waals surface area contributed by atoms with E-state index in [2.05, 4.69) is 62.8 Å². The number of fused-ring (bicyclic) bond motifs is 1. The molecule has 0 fully saturated rings. The molecule has 2 N–H and O–H groups in total. The SMILES string of the molecule is COc1ccc(Br)cc1CNCCc1c[nH]c2ccccc12. The third kappa shape index (κ3) is 3.34. The van der Waals surface area contributed by atoms with E-state index < -0.39 is 0 Å². The average Bonchev–Trinajstić information content (AvgIpc) is 2.95. The number of H-pyrrole nitrogens is 1. The summed E-state index contributed by atoms with van der Waals surface area (Å²) >= 11 is 3.51. The van der Waals surface area contributed by atoms with Crippen molar-refractivity contribution in [2.24, 2.45) is 0 Å². The van der Waals surface area contributed by atoms with Crippen molar-refractivity contribution in [2.75, 3.05) is 13.7 Å². The number of hydrogen-bond donors (Lipinski definition) is 2. The number of ether oxygens (including phenoxy) is 1. The number of aromatic nitrogens is 1. The van der Waals surface area contributed by atoms with Gasteiger partial charge in [-0.2, -0.15) is 0 Å². The van der Waals surface area contributed by atoms with Crippen LogP contribution in [-0.4, -0.2) is 18.6 Å². The topological polar surface area (TPSA) is 37.0 Å². The molecular weight excluding hydrogens is 340 g/mol. The third-order valence-electron chi connectivity index (χ3n) is 3.80. The standard InChI is InChI=1S/C18H19BrN2O/c1-22-18-7-6-15(19)10-14(18)11-20-9-8-13-12-21-17-5-3-2-4-16(13)17/h2-7,10,12,20-21H,8-9,11H2,1H3. The number of aromatic amines is 1. The van der Waals surface area contributed by atoms with Gasteiger partial charge >= 0.3 is 0 Å². The first-order valence-corrected chi connectivity index (χ1v) is 8.15. The number of halogens is 1. The monoisotopic (exact) mass is 358 g/mol. The number of methoxy groups -OCH3 is 1. The van der Waals surface area contributed by atoms with E-state index in [4.69, 9.17) is 4.74 Å². The Morgan fingerprint density at radius 3 is 2.86 bits per heavy atom. The Kier molecular flexibility index (Phi) is 4.80. The van der Waals surface area contributed by atoms with E-state index in [1.54, 1.807) is 7.11 Å². The highest BCUT2D eigenvalue weighted by Crippen LogP contribution is 2.23. The van der Waals surface area contributed by atoms with Crippen LogP contribution in [0.2, 0.25) is 0 Å². The van der Waals surface area contributed by atoms with Gasteiger partial charge in [0.25, 0.3) is 0 Å². The quantitative estimate of drug-likeness (QED) is 0.645. The molecule has 4 heteroatoms. The molecule has 0 saturated heterocycles. The number of hydrogen-bond acceptors (Lipinski definition) is 2. The zero-order valence-corrected chi connectivity index (χ0v) is 14.1. The molecule has 0 bridgehead atoms. The molecule has 0 aliphatic carbocycles. The van der Waals surface area contributed by atoms with Crippen molar-refractivity contribution >= 4 is 26.8 Å². The molecule has 22 heavy (non-hydrogen) atoms. The third-order valence-corrected chi connectivity index (χ3v) is 4.30. The number of nitrogens with one attached hydrogen (secondary N) is 2. The van der Waals surface area contributed by atoms with Gasteiger partial charge in [-0.15, -0.1) is 0 Å². The van der Waals surface area contributed by atoms with Crippen LogP contribution in [0.1, 0.15) is 11.1 Å². The van der Waals surface area contributed by atoms with E-state index in [0.29, 0.717) is 0 Å². The lowest BCUT2D eigenvalue weighted by Gasteiger charge is -2.10. The second-order valence-electron chi connectivity index (χ2n) is 5.24. The lowest BCUT2D eigenvalue weighted by molar-refractivity contribution is 0.407. The summed E-state index contributed by atoms with van der Waals surface area (Å²) in [6.45, 7) is 1.72. The fraction of sp³-hybridized carbons (Fsp3) is 0.222. The minimum Gasteiger partial charge on any atom is -0.496 e. The molecule has 3 nitrogen and oxygen atoms in total. The van der Waals surface area contributed by atoms with E-state index in [0.717, 1.165) is 35.3 Å². The normalized spacial score (nSPS) is 11.0. The highest BCUT2D eigenvalue weighted by molar-refractivity contribution is 9.10. The molecule has 3 rings (SSSR count). The van der Waals surface area contributed by atoms with Crippen molar-refractivity contribution in [3.8, 4) is 5.75 Å². The summed E-state index contributed by atoms with van der Waals surface area (Å²) in [5.74, 6) is 0.919. The highest BCUT2D eigenvalue weighted by atomic mass is 79.9. The van der Waals surface area contributed by atoms with Crippen molar-refractivity contribution in [2.45, 2.75) is 13.0 Å². The lowest BCUT2D eigenvalue weighted by atomic mass is 10.1. The largest absolute Gasteiger partial charge is 0.496 e. The van der Waals surface area contributed by atoms with Crippen LogP contribution in [-0.2, 0) is 13.0 Å². The number of benzene rings is 2. The second-order valence-corrected chi connectivity index (χ2v) is 6.16. The van der Waals surface area contributed by atoms with Gasteiger partial charge in [-0.3, -0.25) is 0 Å². The van der Waals surface area contributed by atoms with Gasteiger partial charge in [0.15, 0.2) is 0 Å². The summed E-state index contributed by atoms with van der Waals surface area (Å²) in [5.41, 5.74) is 3.71. The first-order chi connectivity index (χ1) is 10.8. The molecule has 0 spiro atoms. The molecule has 2 aromatic carbocycles. The first kappa shape index (κ1) is 15.1. The Bertz CT molecular complexity index is 767. The van der Waals surface area contributed by atoms with Gasteiger partial charge in [-0.05, 0) is 42.8 Å². The van der Waals surface area contributed by atoms with Gasteiger partial charge in [-0.1, -0.05) is 34.1 Å². The van der Waals surface area contributed by atoms with Gasteiger partial charge in [0.1, 0.15) is 5.75 Å². The van der Waals surface area contributed by atoms with E-state index in [-0.39, 0.29) is 0 Å². The number of para-hydroxylation sites is 1. The molecule has 0 amide bonds. The molecule has 3 aromatic rings. The smallest absolute Gasteiger partial charge is 0.123 e. The Morgan fingerprint density at radius 1 is 1.14 bits per heavy atom. The Balaban J connectivity index is 1.59. The van der Waals surface area contributed by atoms with Crippen LogP contribution in [0.25, 0.3) is 10.9 Å². The maximum atomic E-state index is 5.40. The predicted molar refractivity (Wildman–Crippen MR) is 94.4 cm³/mol. The summed E-state index contributed by atoms with van der Waals surface area (Å²) < 4.78 is 6.47. The minimum absolute atomic E-state index is 0.797. The maximum absolute atomic E-state index is 5.40. The molecule has 114 valence electrons. The van der Waals surface area contributed by atoms with Gasteiger partial charge in [0.2, 0.25) is 0 Å². The summed E-state index contributed by atoms with van der Waals surface area (Å²) in [5, 5.41) is 4.80. The summed E-state index contributed by atoms with van der Waals surface area (Å²) in [6.07, 6.45) is 3.10. The molecule has 0 aliphatic rings. The Labute approximate surface area is 138 Å². The van der Waals surface area contributed by atoms with Crippen LogP contribution in [0.4, 0.5) is 0 Å². The Hall–Kier alpha value is -1.78. The zero-order valence-electron chi connectivity index (χ0n) is 12.5. The van der Waals surface area contributed by atoms with Crippen molar-refractivity contribution in [1.82, 2.24) is 10.3 Å². The van der Waals surface area contributed by atoms with Crippen LogP contribution in [0, 0.1) is 0 Å². The fourth-order valence-corrected chi connectivity index (χ4v) is 3.08. The molecule has 0 saturated carbocycles. The molecule has 0 aliphatic heterocycles. The Morgan fingerprint density at radius 2 is 2.00 bits per heavy atom. The van der Waals surface area contributed by atoms with Crippen molar-refractivity contribution in [3.63, 3.8) is 0 Å². The average molecular weight is 359 g/mol. The van der Waals surface area contributed by atoms with Gasteiger partial charge in [0.05, 0.1) is 7.11 Å². The summed E-state index contributed by atoms with van der Waals surface area (Å²) in [7, 11) is 1.71. The zero-order chi connectivity index (χ0) is 15.4. The first-order valence-electron chi connectivity index (χ1n) is 7.36. The molecule has 1 aromatic heterocycles. The molecule has 1 heterocycles. The van der Waals surface area contributed by atoms with E-state index in [1.807, 2.05) is 12.1 Å². The maximum Gasteiger partial charge on any atom is 0.123 e. The van der Waals surface area contributed by atoms with Gasteiger partial charge in [0, 0.05) is 33.7 Å². The molecule has 0 unspecified atom stereocenters. The van der Waals surface area contributed by atoms with Gasteiger partial charge < -0.3 is 15.0 Å². The summed E-state index contributed by atoms with van der Waals surface area (Å²) in [4.78, 5) is 3.32. The predicted octanol–water partition coefficient (Wildman–Crippen LogP) is 4.27. The van der Waals surface area contributed by atoms with Crippen LogP contribution in [0.15, 0.2) is 53.1 Å². The minimum atomic E-state index is 0.797. The van der Waals surface area contributed by atoms with Crippen LogP contribution >= 0.6 is 15.9 Å². The van der Waals surface area contributed by atoms with E-state index in [9.17, 15) is 0 Å². The van der Waals surface area contributed by atoms with Gasteiger partial charge in [-0.25, -0.2) is 0 Å². The highest BCUT2D eigenvalue weighted by Gasteiger charge is 2.05. The van der Waals surface area contributed by atoms with Crippen molar-refractivity contribution in [1.29, 1.82) is 0 Å². The van der Waals surface area contributed by atoms with E-state index in [1.165, 1.54) is 16.5 Å². The van der Waals surface area contributed by atoms with E-state index >= 15 is 0 Å². The van der Waals surface area contributed by atoms with Crippen molar-refractivity contribution < 1.29 is 4.74 Å². The summed E-state index contributed by atoms with van der Waals surface area (Å²) in [6, 6.07) is 14.5. The number of rotatable bonds is 6. The molecule has 0 atom stereocenters. The fourth-order valence-electron chi connectivity index (χ4n) is 2.67. The van der Waals surface area contributed by atoms with Crippen LogP contribution in [0.5, 0.6) is 5.75 Å².